The number of hydrogen-bond donors (Lipinski definition) is 0. The standard InChI is InChI=1S/C13H24O3Si/c1-8-11(4)14-17(7,15-12(5)9-2)16-13(6)10-3/h4-6,8-10H2,1-3,7H3. The highest BCUT2D eigenvalue weighted by Gasteiger charge is 2.43. The molecule has 3 nitrogen and oxygen atoms in total. The number of allylic oxidation sites excluding steroid dienone is 3. The van der Waals surface area contributed by atoms with E-state index in [0.29, 0.717) is 17.3 Å². The Morgan fingerprint density at radius 2 is 1.00 bits per heavy atom. The van der Waals surface area contributed by atoms with Gasteiger partial charge in [0.15, 0.2) is 0 Å². The minimum absolute atomic E-state index is 0.659. The molecule has 0 aromatic carbocycles. The summed E-state index contributed by atoms with van der Waals surface area (Å²) in [5.41, 5.74) is 0. The second-order valence-electron chi connectivity index (χ2n) is 3.85. The van der Waals surface area contributed by atoms with Gasteiger partial charge in [0.25, 0.3) is 0 Å². The molecule has 4 heteroatoms. The van der Waals surface area contributed by atoms with Gasteiger partial charge in [0.1, 0.15) is 0 Å². The molecule has 0 heterocycles. The van der Waals surface area contributed by atoms with Crippen LogP contribution in [0.5, 0.6) is 0 Å². The second kappa shape index (κ2) is 7.22. The summed E-state index contributed by atoms with van der Waals surface area (Å²) >= 11 is 0. The normalized spacial score (nSPS) is 10.6. The van der Waals surface area contributed by atoms with Crippen molar-refractivity contribution >= 4 is 8.80 Å². The minimum atomic E-state index is -2.80. The number of hydrogen-bond acceptors (Lipinski definition) is 3. The Bertz CT molecular complexity index is 251. The fraction of sp³-hybridized carbons (Fsp3) is 0.538. The van der Waals surface area contributed by atoms with E-state index in [0.717, 1.165) is 19.3 Å². The Balaban J connectivity index is 4.72. The van der Waals surface area contributed by atoms with Crippen LogP contribution in [0.1, 0.15) is 40.0 Å². The average molecular weight is 256 g/mol. The average Bonchev–Trinajstić information content (AvgIpc) is 2.27. The maximum absolute atomic E-state index is 5.71. The Morgan fingerprint density at radius 3 is 1.18 bits per heavy atom. The lowest BCUT2D eigenvalue weighted by Gasteiger charge is -2.29. The third kappa shape index (κ3) is 6.21. The van der Waals surface area contributed by atoms with Crippen molar-refractivity contribution in [2.75, 3.05) is 0 Å². The van der Waals surface area contributed by atoms with E-state index in [4.69, 9.17) is 13.3 Å². The molecule has 98 valence electrons. The fourth-order valence-electron chi connectivity index (χ4n) is 1.07. The topological polar surface area (TPSA) is 27.7 Å². The van der Waals surface area contributed by atoms with Crippen molar-refractivity contribution in [3.8, 4) is 0 Å². The third-order valence-corrected chi connectivity index (χ3v) is 4.15. The van der Waals surface area contributed by atoms with Crippen molar-refractivity contribution in [1.29, 1.82) is 0 Å². The molecule has 0 atom stereocenters. The van der Waals surface area contributed by atoms with Crippen LogP contribution < -0.4 is 0 Å². The predicted octanol–water partition coefficient (Wildman–Crippen LogP) is 4.38. The number of rotatable bonds is 9. The summed E-state index contributed by atoms with van der Waals surface area (Å²) in [5, 5.41) is 0. The molecule has 17 heavy (non-hydrogen) atoms. The highest BCUT2D eigenvalue weighted by Crippen LogP contribution is 2.22. The lowest BCUT2D eigenvalue weighted by Crippen LogP contribution is -2.41. The molecular weight excluding hydrogens is 232 g/mol. The maximum atomic E-state index is 5.71. The first kappa shape index (κ1) is 15.8. The van der Waals surface area contributed by atoms with E-state index in [1.54, 1.807) is 0 Å². The van der Waals surface area contributed by atoms with Gasteiger partial charge < -0.3 is 13.3 Å². The maximum Gasteiger partial charge on any atom is 0.695 e. The van der Waals surface area contributed by atoms with Crippen molar-refractivity contribution in [3.63, 3.8) is 0 Å². The first-order valence-electron chi connectivity index (χ1n) is 5.97. The zero-order valence-corrected chi connectivity index (χ0v) is 12.5. The van der Waals surface area contributed by atoms with E-state index in [1.807, 2.05) is 27.3 Å². The lowest BCUT2D eigenvalue weighted by molar-refractivity contribution is 0.143. The Kier molecular flexibility index (Phi) is 6.73. The highest BCUT2D eigenvalue weighted by atomic mass is 28.4. The molecule has 0 aliphatic heterocycles. The molecule has 0 rings (SSSR count). The summed E-state index contributed by atoms with van der Waals surface area (Å²) in [6.45, 7) is 19.2. The predicted molar refractivity (Wildman–Crippen MR) is 73.2 cm³/mol. The first-order valence-corrected chi connectivity index (χ1v) is 8.19. The van der Waals surface area contributed by atoms with Gasteiger partial charge in [-0.2, -0.15) is 0 Å². The van der Waals surface area contributed by atoms with Crippen molar-refractivity contribution in [2.45, 2.75) is 46.6 Å². The SMILES string of the molecule is C=C(CC)O[Si](C)(OC(=C)CC)OC(=C)CC. The minimum Gasteiger partial charge on any atom is -0.488 e. The zero-order chi connectivity index (χ0) is 13.5. The van der Waals surface area contributed by atoms with E-state index in [1.165, 1.54) is 0 Å². The molecule has 0 fully saturated rings. The van der Waals surface area contributed by atoms with E-state index in [-0.39, 0.29) is 0 Å². The monoisotopic (exact) mass is 256 g/mol. The molecule has 0 bridgehead atoms. The van der Waals surface area contributed by atoms with Crippen LogP contribution in [-0.2, 0) is 13.3 Å². The van der Waals surface area contributed by atoms with Gasteiger partial charge in [-0.25, -0.2) is 0 Å². The van der Waals surface area contributed by atoms with Crippen molar-refractivity contribution < 1.29 is 13.3 Å². The summed E-state index contributed by atoms with van der Waals surface area (Å²) in [4.78, 5) is 0. The first-order chi connectivity index (χ1) is 7.86. The lowest BCUT2D eigenvalue weighted by atomic mass is 10.4. The molecule has 0 aromatic rings. The van der Waals surface area contributed by atoms with E-state index in [2.05, 4.69) is 19.7 Å². The van der Waals surface area contributed by atoms with Crippen molar-refractivity contribution in [2.24, 2.45) is 0 Å². The van der Waals surface area contributed by atoms with Crippen LogP contribution in [-0.4, -0.2) is 8.80 Å². The van der Waals surface area contributed by atoms with E-state index in [9.17, 15) is 0 Å². The van der Waals surface area contributed by atoms with Gasteiger partial charge in [-0.3, -0.25) is 0 Å². The van der Waals surface area contributed by atoms with Crippen LogP contribution in [0.25, 0.3) is 0 Å². The molecule has 0 saturated heterocycles. The van der Waals surface area contributed by atoms with Crippen molar-refractivity contribution in [1.82, 2.24) is 0 Å². The van der Waals surface area contributed by atoms with E-state index < -0.39 is 8.80 Å². The Hall–Kier alpha value is -1.16. The Labute approximate surface area is 106 Å². The molecule has 0 saturated carbocycles. The summed E-state index contributed by atoms with van der Waals surface area (Å²) in [6.07, 6.45) is 2.19. The molecular formula is C13H24O3Si. The van der Waals surface area contributed by atoms with Crippen molar-refractivity contribution in [3.05, 3.63) is 37.0 Å². The van der Waals surface area contributed by atoms with Crippen LogP contribution >= 0.6 is 0 Å². The quantitative estimate of drug-likeness (QED) is 0.453. The van der Waals surface area contributed by atoms with Gasteiger partial charge in [-0.15, -0.1) is 0 Å². The summed E-state index contributed by atoms with van der Waals surface area (Å²) in [5.74, 6) is 1.98. The molecule has 0 radical (unpaired) electrons. The van der Waals surface area contributed by atoms with Crippen LogP contribution in [0, 0.1) is 0 Å². The molecule has 0 N–H and O–H groups in total. The highest BCUT2D eigenvalue weighted by molar-refractivity contribution is 6.60. The van der Waals surface area contributed by atoms with Gasteiger partial charge in [0.05, 0.1) is 17.3 Å². The van der Waals surface area contributed by atoms with Gasteiger partial charge in [0, 0.05) is 25.8 Å². The van der Waals surface area contributed by atoms with Crippen LogP contribution in [0.3, 0.4) is 0 Å². The smallest absolute Gasteiger partial charge is 0.488 e. The summed E-state index contributed by atoms with van der Waals surface area (Å²) < 4.78 is 17.1. The summed E-state index contributed by atoms with van der Waals surface area (Å²) in [7, 11) is -2.80. The van der Waals surface area contributed by atoms with E-state index >= 15 is 0 Å². The van der Waals surface area contributed by atoms with Gasteiger partial charge in [-0.05, 0) is 0 Å². The fourth-order valence-corrected chi connectivity index (χ4v) is 3.20. The van der Waals surface area contributed by atoms with Gasteiger partial charge >= 0.3 is 8.80 Å². The van der Waals surface area contributed by atoms with Crippen LogP contribution in [0.15, 0.2) is 37.0 Å². The Morgan fingerprint density at radius 1 is 0.765 bits per heavy atom. The molecule has 0 aliphatic carbocycles. The van der Waals surface area contributed by atoms with Gasteiger partial charge in [0.2, 0.25) is 0 Å². The zero-order valence-electron chi connectivity index (χ0n) is 11.5. The molecule has 0 aliphatic rings. The molecule has 0 spiro atoms. The summed E-state index contributed by atoms with van der Waals surface area (Å²) in [6, 6.07) is 0. The largest absolute Gasteiger partial charge is 0.695 e. The molecule has 0 unspecified atom stereocenters. The third-order valence-electron chi connectivity index (χ3n) is 2.17. The molecule has 0 aromatic heterocycles. The second-order valence-corrected chi connectivity index (χ2v) is 6.18. The molecule has 0 amide bonds. The van der Waals surface area contributed by atoms with Crippen LogP contribution in [0.2, 0.25) is 6.55 Å². The van der Waals surface area contributed by atoms with Gasteiger partial charge in [-0.1, -0.05) is 40.5 Å². The van der Waals surface area contributed by atoms with Crippen LogP contribution in [0.4, 0.5) is 0 Å².